The number of rotatable bonds is 0. The molecular formula is C8H3NO2S. The van der Waals surface area contributed by atoms with E-state index in [1.165, 1.54) is 0 Å². The van der Waals surface area contributed by atoms with Gasteiger partial charge in [-0.3, -0.25) is 0 Å². The maximum atomic E-state index is 10.8. The highest BCUT2D eigenvalue weighted by Crippen LogP contribution is 2.17. The molecule has 1 heterocycles. The highest BCUT2D eigenvalue weighted by Gasteiger charge is 2.01. The zero-order valence-corrected chi connectivity index (χ0v) is 6.72. The quantitative estimate of drug-likeness (QED) is 0.615. The first-order valence-electron chi connectivity index (χ1n) is 3.23. The molecule has 0 N–H and O–H groups in total. The van der Waals surface area contributed by atoms with E-state index in [9.17, 15) is 4.79 Å². The van der Waals surface area contributed by atoms with Crippen molar-refractivity contribution in [1.29, 1.82) is 5.26 Å². The van der Waals surface area contributed by atoms with Crippen LogP contribution in [0.3, 0.4) is 0 Å². The SMILES string of the molecule is N#Cc1ccc2oc(=O)sc2c1. The van der Waals surface area contributed by atoms with E-state index in [1.54, 1.807) is 18.2 Å². The van der Waals surface area contributed by atoms with Crippen LogP contribution in [0.4, 0.5) is 0 Å². The average molecular weight is 177 g/mol. The second kappa shape index (κ2) is 2.47. The number of nitrogens with zero attached hydrogens (tertiary/aromatic N) is 1. The molecule has 0 aliphatic rings. The van der Waals surface area contributed by atoms with Crippen LogP contribution in [0, 0.1) is 11.3 Å². The molecule has 0 aliphatic heterocycles. The molecule has 0 radical (unpaired) electrons. The van der Waals surface area contributed by atoms with E-state index in [2.05, 4.69) is 0 Å². The van der Waals surface area contributed by atoms with E-state index in [1.807, 2.05) is 6.07 Å². The molecule has 1 aromatic heterocycles. The van der Waals surface area contributed by atoms with Crippen LogP contribution >= 0.6 is 11.3 Å². The predicted octanol–water partition coefficient (Wildman–Crippen LogP) is 1.73. The molecule has 0 spiro atoms. The molecule has 0 unspecified atom stereocenters. The van der Waals surface area contributed by atoms with Crippen molar-refractivity contribution >= 4 is 21.6 Å². The smallest absolute Gasteiger partial charge is 0.396 e. The standard InChI is InChI=1S/C8H3NO2S/c9-4-5-1-2-6-7(3-5)12-8(10)11-6/h1-3H. The van der Waals surface area contributed by atoms with E-state index in [4.69, 9.17) is 9.68 Å². The largest absolute Gasteiger partial charge is 0.414 e. The fourth-order valence-corrected chi connectivity index (χ4v) is 1.65. The Hall–Kier alpha value is -1.60. The van der Waals surface area contributed by atoms with E-state index >= 15 is 0 Å². The Balaban J connectivity index is 2.85. The van der Waals surface area contributed by atoms with Crippen LogP contribution in [0.25, 0.3) is 10.3 Å². The molecule has 1 aromatic carbocycles. The monoisotopic (exact) mass is 177 g/mol. The molecule has 0 fully saturated rings. The highest BCUT2D eigenvalue weighted by molar-refractivity contribution is 7.16. The Bertz CT molecular complexity index is 518. The van der Waals surface area contributed by atoms with E-state index in [-0.39, 0.29) is 4.94 Å². The minimum atomic E-state index is -0.333. The van der Waals surface area contributed by atoms with Crippen LogP contribution in [0.5, 0.6) is 0 Å². The van der Waals surface area contributed by atoms with Gasteiger partial charge in [0, 0.05) is 0 Å². The minimum absolute atomic E-state index is 0.333. The van der Waals surface area contributed by atoms with Crippen molar-refractivity contribution < 1.29 is 4.42 Å². The summed E-state index contributed by atoms with van der Waals surface area (Å²) >= 11 is 1.01. The Labute approximate surface area is 71.5 Å². The number of nitriles is 1. The van der Waals surface area contributed by atoms with Crippen LogP contribution in [0.15, 0.2) is 27.4 Å². The molecule has 0 saturated carbocycles. The molecular weight excluding hydrogens is 174 g/mol. The molecule has 4 heteroatoms. The fraction of sp³-hybridized carbons (Fsp3) is 0. The third-order valence-electron chi connectivity index (χ3n) is 1.46. The summed E-state index contributed by atoms with van der Waals surface area (Å²) in [6.07, 6.45) is 0. The second-order valence-corrected chi connectivity index (χ2v) is 3.20. The maximum absolute atomic E-state index is 10.8. The number of hydrogen-bond acceptors (Lipinski definition) is 4. The first kappa shape index (κ1) is 7.07. The summed E-state index contributed by atoms with van der Waals surface area (Å²) in [5.74, 6) is 0. The first-order chi connectivity index (χ1) is 5.79. The van der Waals surface area contributed by atoms with Crippen molar-refractivity contribution in [2.75, 3.05) is 0 Å². The van der Waals surface area contributed by atoms with Crippen LogP contribution < -0.4 is 4.94 Å². The zero-order valence-electron chi connectivity index (χ0n) is 5.90. The summed E-state index contributed by atoms with van der Waals surface area (Å²) in [7, 11) is 0. The lowest BCUT2D eigenvalue weighted by molar-refractivity contribution is 0.585. The molecule has 0 atom stereocenters. The second-order valence-electron chi connectivity index (χ2n) is 2.23. The number of fused-ring (bicyclic) bond motifs is 1. The molecule has 3 nitrogen and oxygen atoms in total. The van der Waals surface area contributed by atoms with Crippen molar-refractivity contribution in [3.05, 3.63) is 33.5 Å². The van der Waals surface area contributed by atoms with Crippen molar-refractivity contribution in [3.63, 3.8) is 0 Å². The van der Waals surface area contributed by atoms with Gasteiger partial charge in [0.15, 0.2) is 0 Å². The minimum Gasteiger partial charge on any atom is -0.414 e. The molecule has 58 valence electrons. The Morgan fingerprint density at radius 3 is 3.08 bits per heavy atom. The van der Waals surface area contributed by atoms with Crippen molar-refractivity contribution in [1.82, 2.24) is 0 Å². The maximum Gasteiger partial charge on any atom is 0.396 e. The van der Waals surface area contributed by atoms with Gasteiger partial charge in [0.05, 0.1) is 16.3 Å². The van der Waals surface area contributed by atoms with Crippen LogP contribution in [0.1, 0.15) is 5.56 Å². The van der Waals surface area contributed by atoms with E-state index in [0.717, 1.165) is 16.0 Å². The Kier molecular flexibility index (Phi) is 1.45. The van der Waals surface area contributed by atoms with Crippen LogP contribution in [0.2, 0.25) is 0 Å². The molecule has 0 amide bonds. The van der Waals surface area contributed by atoms with Gasteiger partial charge in [0.25, 0.3) is 0 Å². The average Bonchev–Trinajstić information content (AvgIpc) is 2.43. The fourth-order valence-electron chi connectivity index (χ4n) is 0.942. The van der Waals surface area contributed by atoms with Gasteiger partial charge >= 0.3 is 4.94 Å². The normalized spacial score (nSPS) is 9.92. The summed E-state index contributed by atoms with van der Waals surface area (Å²) in [4.78, 5) is 10.4. The summed E-state index contributed by atoms with van der Waals surface area (Å²) in [6.45, 7) is 0. The molecule has 12 heavy (non-hydrogen) atoms. The van der Waals surface area contributed by atoms with Gasteiger partial charge < -0.3 is 4.42 Å². The van der Waals surface area contributed by atoms with E-state index < -0.39 is 0 Å². The lowest BCUT2D eigenvalue weighted by Crippen LogP contribution is -1.79. The van der Waals surface area contributed by atoms with Gasteiger partial charge in [-0.1, -0.05) is 11.3 Å². The molecule has 2 aromatic rings. The van der Waals surface area contributed by atoms with Gasteiger partial charge in [-0.15, -0.1) is 0 Å². The highest BCUT2D eigenvalue weighted by atomic mass is 32.1. The van der Waals surface area contributed by atoms with Gasteiger partial charge in [-0.05, 0) is 18.2 Å². The predicted molar refractivity (Wildman–Crippen MR) is 45.1 cm³/mol. The van der Waals surface area contributed by atoms with Crippen molar-refractivity contribution in [2.24, 2.45) is 0 Å². The Morgan fingerprint density at radius 1 is 1.50 bits per heavy atom. The first-order valence-corrected chi connectivity index (χ1v) is 4.05. The van der Waals surface area contributed by atoms with Gasteiger partial charge in [0.1, 0.15) is 5.58 Å². The molecule has 0 saturated heterocycles. The third-order valence-corrected chi connectivity index (χ3v) is 2.25. The topological polar surface area (TPSA) is 54.0 Å². The third kappa shape index (κ3) is 1.00. The van der Waals surface area contributed by atoms with Crippen molar-refractivity contribution in [3.8, 4) is 6.07 Å². The number of benzene rings is 1. The van der Waals surface area contributed by atoms with Crippen molar-refractivity contribution in [2.45, 2.75) is 0 Å². The number of hydrogen-bond donors (Lipinski definition) is 0. The van der Waals surface area contributed by atoms with Crippen LogP contribution in [-0.2, 0) is 0 Å². The molecule has 0 aliphatic carbocycles. The van der Waals surface area contributed by atoms with Gasteiger partial charge in [0.2, 0.25) is 0 Å². The van der Waals surface area contributed by atoms with Gasteiger partial charge in [-0.2, -0.15) is 5.26 Å². The lowest BCUT2D eigenvalue weighted by atomic mass is 10.2. The zero-order chi connectivity index (χ0) is 8.55. The molecule has 0 bridgehead atoms. The summed E-state index contributed by atoms with van der Waals surface area (Å²) in [5, 5.41) is 8.55. The molecule has 2 rings (SSSR count). The summed E-state index contributed by atoms with van der Waals surface area (Å²) < 4.78 is 5.54. The van der Waals surface area contributed by atoms with Crippen LogP contribution in [-0.4, -0.2) is 0 Å². The summed E-state index contributed by atoms with van der Waals surface area (Å²) in [5.41, 5.74) is 1.09. The van der Waals surface area contributed by atoms with E-state index in [0.29, 0.717) is 11.1 Å². The summed E-state index contributed by atoms with van der Waals surface area (Å²) in [6, 6.07) is 6.89. The Morgan fingerprint density at radius 2 is 2.33 bits per heavy atom. The van der Waals surface area contributed by atoms with Gasteiger partial charge in [-0.25, -0.2) is 4.79 Å². The lowest BCUT2D eigenvalue weighted by Gasteiger charge is -1.85.